The second-order valence-corrected chi connectivity index (χ2v) is 6.46. The van der Waals surface area contributed by atoms with E-state index in [1.54, 1.807) is 18.4 Å². The van der Waals surface area contributed by atoms with Crippen LogP contribution in [0.25, 0.3) is 0 Å². The van der Waals surface area contributed by atoms with Crippen molar-refractivity contribution in [3.8, 4) is 0 Å². The molecule has 4 heteroatoms. The van der Waals surface area contributed by atoms with Crippen LogP contribution in [-0.2, 0) is 4.79 Å². The van der Waals surface area contributed by atoms with E-state index < -0.39 is 0 Å². The van der Waals surface area contributed by atoms with Crippen LogP contribution < -0.4 is 5.32 Å². The molecule has 0 aliphatic heterocycles. The summed E-state index contributed by atoms with van der Waals surface area (Å²) >= 11 is 5.22. The van der Waals surface area contributed by atoms with Crippen molar-refractivity contribution in [1.82, 2.24) is 5.32 Å². The summed E-state index contributed by atoms with van der Waals surface area (Å²) in [6, 6.07) is 4.21. The Morgan fingerprint density at radius 3 is 2.87 bits per heavy atom. The maximum atomic E-state index is 11.4. The van der Waals surface area contributed by atoms with Crippen molar-refractivity contribution in [3.63, 3.8) is 0 Å². The van der Waals surface area contributed by atoms with Gasteiger partial charge >= 0.3 is 0 Å². The molecule has 1 aromatic heterocycles. The lowest BCUT2D eigenvalue weighted by Gasteiger charge is -2.12. The van der Waals surface area contributed by atoms with E-state index in [4.69, 9.17) is 0 Å². The van der Waals surface area contributed by atoms with E-state index in [2.05, 4.69) is 33.4 Å². The highest BCUT2D eigenvalue weighted by atomic mass is 79.9. The highest BCUT2D eigenvalue weighted by molar-refractivity contribution is 9.11. The molecule has 0 saturated heterocycles. The monoisotopic (exact) mass is 287 g/mol. The number of carbonyl (C=O) groups is 1. The van der Waals surface area contributed by atoms with Crippen LogP contribution in [0.5, 0.6) is 0 Å². The van der Waals surface area contributed by atoms with Crippen molar-refractivity contribution in [2.45, 2.75) is 25.2 Å². The number of hydrogen-bond donors (Lipinski definition) is 1. The van der Waals surface area contributed by atoms with Crippen LogP contribution in [0.15, 0.2) is 15.9 Å². The Morgan fingerprint density at radius 2 is 2.40 bits per heavy atom. The minimum absolute atomic E-state index is 0.149. The molecule has 15 heavy (non-hydrogen) atoms. The first-order chi connectivity index (χ1) is 7.20. The zero-order chi connectivity index (χ0) is 10.8. The summed E-state index contributed by atoms with van der Waals surface area (Å²) in [6.07, 6.45) is 3.18. The maximum absolute atomic E-state index is 11.4. The predicted molar refractivity (Wildman–Crippen MR) is 66.2 cm³/mol. The van der Waals surface area contributed by atoms with Crippen molar-refractivity contribution >= 4 is 33.2 Å². The van der Waals surface area contributed by atoms with Gasteiger partial charge in [0.25, 0.3) is 0 Å². The molecule has 2 nitrogen and oxygen atoms in total. The molecule has 1 saturated carbocycles. The lowest BCUT2D eigenvalue weighted by Crippen LogP contribution is -2.20. The van der Waals surface area contributed by atoms with Crippen LogP contribution in [-0.4, -0.2) is 13.0 Å². The molecule has 1 fully saturated rings. The largest absolute Gasteiger partial charge is 0.359 e. The second-order valence-electron chi connectivity index (χ2n) is 3.96. The minimum atomic E-state index is 0.149. The van der Waals surface area contributed by atoms with Crippen molar-refractivity contribution in [2.24, 2.45) is 5.92 Å². The first-order valence-corrected chi connectivity index (χ1v) is 6.77. The van der Waals surface area contributed by atoms with E-state index in [0.29, 0.717) is 12.3 Å². The molecule has 1 aliphatic rings. The Morgan fingerprint density at radius 1 is 1.67 bits per heavy atom. The average Bonchev–Trinajstić information content (AvgIpc) is 2.97. The SMILES string of the molecule is CNC(=O)CC(c1ccc(Br)s1)C1CC1. The first kappa shape index (κ1) is 11.1. The van der Waals surface area contributed by atoms with Gasteiger partial charge in [-0.15, -0.1) is 11.3 Å². The number of hydrogen-bond acceptors (Lipinski definition) is 2. The van der Waals surface area contributed by atoms with Crippen LogP contribution in [0.3, 0.4) is 0 Å². The van der Waals surface area contributed by atoms with E-state index in [1.165, 1.54) is 17.7 Å². The van der Waals surface area contributed by atoms with Crippen LogP contribution in [0.1, 0.15) is 30.1 Å². The van der Waals surface area contributed by atoms with Gasteiger partial charge in [0.05, 0.1) is 3.79 Å². The zero-order valence-corrected chi connectivity index (χ0v) is 11.0. The molecular formula is C11H14BrNOS. The molecule has 82 valence electrons. The molecule has 0 radical (unpaired) electrons. The van der Waals surface area contributed by atoms with Gasteiger partial charge in [-0.25, -0.2) is 0 Å². The van der Waals surface area contributed by atoms with Gasteiger partial charge in [0.1, 0.15) is 0 Å². The summed E-state index contributed by atoms with van der Waals surface area (Å²) in [4.78, 5) is 12.8. The van der Waals surface area contributed by atoms with E-state index in [1.807, 2.05) is 0 Å². The normalized spacial score (nSPS) is 17.5. The summed E-state index contributed by atoms with van der Waals surface area (Å²) in [6.45, 7) is 0. The molecule has 1 aliphatic carbocycles. The van der Waals surface area contributed by atoms with Gasteiger partial charge < -0.3 is 5.32 Å². The first-order valence-electron chi connectivity index (χ1n) is 5.16. The Balaban J connectivity index is 2.09. The third-order valence-corrected chi connectivity index (χ3v) is 4.59. The fourth-order valence-electron chi connectivity index (χ4n) is 1.83. The maximum Gasteiger partial charge on any atom is 0.220 e. The molecule has 1 amide bonds. The standard InChI is InChI=1S/C11H14BrNOS/c1-13-11(14)6-8(7-2-3-7)9-4-5-10(12)15-9/h4-5,7-8H,2-3,6H2,1H3,(H,13,14). The smallest absolute Gasteiger partial charge is 0.220 e. The zero-order valence-electron chi connectivity index (χ0n) is 8.63. The van der Waals surface area contributed by atoms with Crippen molar-refractivity contribution in [3.05, 3.63) is 20.8 Å². The highest BCUT2D eigenvalue weighted by Gasteiger charge is 2.34. The Hall–Kier alpha value is -0.350. The fourth-order valence-corrected chi connectivity index (χ4v) is 3.44. The summed E-state index contributed by atoms with van der Waals surface area (Å²) in [5.74, 6) is 1.31. The minimum Gasteiger partial charge on any atom is -0.359 e. The third kappa shape index (κ3) is 2.82. The molecule has 0 bridgehead atoms. The number of nitrogens with one attached hydrogen (secondary N) is 1. The van der Waals surface area contributed by atoms with Crippen LogP contribution in [0, 0.1) is 5.92 Å². The summed E-state index contributed by atoms with van der Waals surface area (Å²) in [7, 11) is 1.70. The van der Waals surface area contributed by atoms with E-state index >= 15 is 0 Å². The van der Waals surface area contributed by atoms with Gasteiger partial charge in [0.15, 0.2) is 0 Å². The lowest BCUT2D eigenvalue weighted by molar-refractivity contribution is -0.121. The number of halogens is 1. The number of rotatable bonds is 4. The Kier molecular flexibility index (Phi) is 3.46. The van der Waals surface area contributed by atoms with E-state index in [-0.39, 0.29) is 5.91 Å². The molecule has 1 N–H and O–H groups in total. The topological polar surface area (TPSA) is 29.1 Å². The molecule has 1 unspecified atom stereocenters. The van der Waals surface area contributed by atoms with Gasteiger partial charge in [0, 0.05) is 24.3 Å². The molecule has 1 heterocycles. The van der Waals surface area contributed by atoms with Crippen LogP contribution >= 0.6 is 27.3 Å². The van der Waals surface area contributed by atoms with Gasteiger partial charge in [-0.3, -0.25) is 4.79 Å². The highest BCUT2D eigenvalue weighted by Crippen LogP contribution is 2.46. The predicted octanol–water partition coefficient (Wildman–Crippen LogP) is 3.14. The molecule has 0 spiro atoms. The summed E-state index contributed by atoms with van der Waals surface area (Å²) in [5, 5.41) is 2.71. The third-order valence-electron chi connectivity index (χ3n) is 2.83. The molecule has 0 aromatic carbocycles. The van der Waals surface area contributed by atoms with Gasteiger partial charge in [-0.05, 0) is 46.8 Å². The average molecular weight is 288 g/mol. The van der Waals surface area contributed by atoms with E-state index in [0.717, 1.165) is 9.70 Å². The van der Waals surface area contributed by atoms with Gasteiger partial charge in [-0.1, -0.05) is 0 Å². The second kappa shape index (κ2) is 4.66. The Bertz CT molecular complexity index is 359. The van der Waals surface area contributed by atoms with Crippen molar-refractivity contribution < 1.29 is 4.79 Å². The van der Waals surface area contributed by atoms with Crippen LogP contribution in [0.2, 0.25) is 0 Å². The molecular weight excluding hydrogens is 274 g/mol. The van der Waals surface area contributed by atoms with Crippen molar-refractivity contribution in [1.29, 1.82) is 0 Å². The molecule has 1 atom stereocenters. The number of carbonyl (C=O) groups excluding carboxylic acids is 1. The molecule has 2 rings (SSSR count). The quantitative estimate of drug-likeness (QED) is 0.906. The van der Waals surface area contributed by atoms with Crippen LogP contribution in [0.4, 0.5) is 0 Å². The number of thiophene rings is 1. The fraction of sp³-hybridized carbons (Fsp3) is 0.545. The summed E-state index contributed by atoms with van der Waals surface area (Å²) < 4.78 is 1.15. The van der Waals surface area contributed by atoms with Gasteiger partial charge in [0.2, 0.25) is 5.91 Å². The lowest BCUT2D eigenvalue weighted by atomic mass is 9.97. The summed E-state index contributed by atoms with van der Waals surface area (Å²) in [5.41, 5.74) is 0. The Labute approximate surface area is 102 Å². The number of amides is 1. The molecule has 1 aromatic rings. The van der Waals surface area contributed by atoms with Crippen molar-refractivity contribution in [2.75, 3.05) is 7.05 Å². The van der Waals surface area contributed by atoms with Gasteiger partial charge in [-0.2, -0.15) is 0 Å². The van der Waals surface area contributed by atoms with E-state index in [9.17, 15) is 4.79 Å².